The third-order valence-electron chi connectivity index (χ3n) is 12.5. The number of carbonyl (C=O) groups is 2. The molecule has 0 radical (unpaired) electrons. The Kier molecular flexibility index (Phi) is 33.4. The number of carbonyl (C=O) groups excluding carboxylic acids is 2. The van der Waals surface area contributed by atoms with Crippen molar-refractivity contribution in [3.8, 4) is 0 Å². The molecule has 2 aliphatic rings. The van der Waals surface area contributed by atoms with Crippen LogP contribution in [0.25, 0.3) is 0 Å². The highest BCUT2D eigenvalue weighted by molar-refractivity contribution is 7.47. The molecule has 1 saturated heterocycles. The van der Waals surface area contributed by atoms with Crippen LogP contribution in [0, 0.1) is 0 Å². The molecule has 2 rings (SSSR count). The summed E-state index contributed by atoms with van der Waals surface area (Å²) in [7, 11) is -5.37. The lowest BCUT2D eigenvalue weighted by molar-refractivity contribution is -0.338. The highest BCUT2D eigenvalue weighted by atomic mass is 31.2. The monoisotopic (exact) mass is 985 g/mol. The Morgan fingerprint density at radius 1 is 0.552 bits per heavy atom. The summed E-state index contributed by atoms with van der Waals surface area (Å²) in [5, 5.41) is 82.9. The van der Waals surface area contributed by atoms with E-state index in [0.717, 1.165) is 51.4 Å². The first-order chi connectivity index (χ1) is 32.2. The van der Waals surface area contributed by atoms with Crippen LogP contribution in [0.1, 0.15) is 187 Å². The van der Waals surface area contributed by atoms with Crippen LogP contribution >= 0.6 is 7.82 Å². The van der Waals surface area contributed by atoms with E-state index in [1.54, 1.807) is 0 Å². The van der Waals surface area contributed by atoms with Crippen LogP contribution in [0.15, 0.2) is 12.2 Å². The van der Waals surface area contributed by atoms with Gasteiger partial charge in [-0.1, -0.05) is 148 Å². The van der Waals surface area contributed by atoms with E-state index in [1.807, 2.05) is 0 Å². The van der Waals surface area contributed by atoms with Gasteiger partial charge < -0.3 is 64.7 Å². The van der Waals surface area contributed by atoms with Crippen molar-refractivity contribution in [2.45, 2.75) is 261 Å². The fourth-order valence-corrected chi connectivity index (χ4v) is 9.20. The minimum atomic E-state index is -5.37. The number of phosphoric acid groups is 1. The molecule has 1 aliphatic heterocycles. The van der Waals surface area contributed by atoms with Crippen LogP contribution in [0.4, 0.5) is 0 Å². The predicted octanol–water partition coefficient (Wildman–Crippen LogP) is 5.71. The van der Waals surface area contributed by atoms with Gasteiger partial charge in [-0.15, -0.1) is 0 Å². The first kappa shape index (κ1) is 61.5. The molecule has 13 unspecified atom stereocenters. The average Bonchev–Trinajstić information content (AvgIpc) is 3.31. The normalized spacial score (nSPS) is 28.1. The molecule has 9 N–H and O–H groups in total. The van der Waals surface area contributed by atoms with Crippen LogP contribution in [0.3, 0.4) is 0 Å². The van der Waals surface area contributed by atoms with Gasteiger partial charge in [0.2, 0.25) is 0 Å². The van der Waals surface area contributed by atoms with Crippen LogP contribution < -0.4 is 0 Å². The van der Waals surface area contributed by atoms with E-state index in [9.17, 15) is 59.9 Å². The Hall–Kier alpha value is -1.61. The maximum absolute atomic E-state index is 13.4. The Labute approximate surface area is 399 Å². The standard InChI is InChI=1S/C48H89O18P/c1-3-5-7-9-11-13-15-17-19-20-22-24-26-28-30-37(50)61-33-35(63-38(51)31-29-27-25-23-21-18-16-14-12-10-8-6-4-2)34-62-67(59,60)66-47-44(57)42(55)41(54)43(56)46(47)65-48-45(58)40(53)39(52)36(32-49)64-48/h19-20,35-36,39-49,52-58H,3-18,21-34H2,1-2H3,(H,59,60). The summed E-state index contributed by atoms with van der Waals surface area (Å²) in [5.74, 6) is -1.23. The number of hydrogen-bond acceptors (Lipinski definition) is 17. The van der Waals surface area contributed by atoms with Crippen molar-refractivity contribution >= 4 is 19.8 Å². The number of unbranched alkanes of at least 4 members (excludes halogenated alkanes) is 22. The lowest BCUT2D eigenvalue weighted by Gasteiger charge is -2.47. The molecule has 1 saturated carbocycles. The first-order valence-corrected chi connectivity index (χ1v) is 27.0. The molecule has 13 atom stereocenters. The molecule has 394 valence electrons. The summed E-state index contributed by atoms with van der Waals surface area (Å²) in [6, 6.07) is 0. The van der Waals surface area contributed by atoms with E-state index in [4.69, 9.17) is 28.0 Å². The van der Waals surface area contributed by atoms with Gasteiger partial charge in [0.15, 0.2) is 12.4 Å². The van der Waals surface area contributed by atoms with Crippen molar-refractivity contribution in [1.82, 2.24) is 0 Å². The highest BCUT2D eigenvalue weighted by Gasteiger charge is 2.55. The van der Waals surface area contributed by atoms with E-state index in [2.05, 4.69) is 26.0 Å². The van der Waals surface area contributed by atoms with Gasteiger partial charge in [-0.25, -0.2) is 4.57 Å². The van der Waals surface area contributed by atoms with Gasteiger partial charge in [-0.3, -0.25) is 18.6 Å². The molecule has 0 aromatic heterocycles. The summed E-state index contributed by atoms with van der Waals surface area (Å²) in [6.07, 6.45) is 8.70. The summed E-state index contributed by atoms with van der Waals surface area (Å²) < 4.78 is 45.4. The minimum absolute atomic E-state index is 0.0341. The lowest BCUT2D eigenvalue weighted by atomic mass is 9.84. The number of allylic oxidation sites excluding steroid dienone is 2. The van der Waals surface area contributed by atoms with Gasteiger partial charge >= 0.3 is 19.8 Å². The number of aliphatic hydroxyl groups is 8. The second kappa shape index (κ2) is 36.3. The van der Waals surface area contributed by atoms with E-state index in [0.29, 0.717) is 12.8 Å². The quantitative estimate of drug-likeness (QED) is 0.0154. The van der Waals surface area contributed by atoms with Gasteiger partial charge in [0, 0.05) is 12.8 Å². The topological polar surface area (TPSA) is 289 Å². The Morgan fingerprint density at radius 3 is 1.49 bits per heavy atom. The van der Waals surface area contributed by atoms with Crippen molar-refractivity contribution < 1.29 is 87.9 Å². The smallest absolute Gasteiger partial charge is 0.462 e. The fraction of sp³-hybridized carbons (Fsp3) is 0.917. The molecule has 0 amide bonds. The van der Waals surface area contributed by atoms with Gasteiger partial charge in [0.05, 0.1) is 13.2 Å². The molecule has 2 fully saturated rings. The van der Waals surface area contributed by atoms with Gasteiger partial charge in [-0.05, 0) is 38.5 Å². The third kappa shape index (κ3) is 25.4. The van der Waals surface area contributed by atoms with E-state index < -0.39 is 113 Å². The molecule has 0 aromatic rings. The predicted molar refractivity (Wildman–Crippen MR) is 249 cm³/mol. The average molecular weight is 985 g/mol. The number of esters is 2. The second-order valence-electron chi connectivity index (χ2n) is 18.4. The van der Waals surface area contributed by atoms with Crippen LogP contribution in [-0.2, 0) is 42.1 Å². The molecule has 67 heavy (non-hydrogen) atoms. The molecule has 0 spiro atoms. The molecule has 0 bridgehead atoms. The zero-order valence-corrected chi connectivity index (χ0v) is 41.3. The molecule has 0 aromatic carbocycles. The highest BCUT2D eigenvalue weighted by Crippen LogP contribution is 2.48. The molecule has 19 heteroatoms. The van der Waals surface area contributed by atoms with Crippen molar-refractivity contribution in [2.75, 3.05) is 19.8 Å². The molecule has 18 nitrogen and oxygen atoms in total. The van der Waals surface area contributed by atoms with Crippen LogP contribution in [-0.4, -0.2) is 151 Å². The number of phosphoric ester groups is 1. The first-order valence-electron chi connectivity index (χ1n) is 25.5. The molecule has 1 aliphatic carbocycles. The Morgan fingerprint density at radius 2 is 0.985 bits per heavy atom. The minimum Gasteiger partial charge on any atom is -0.462 e. The summed E-state index contributed by atoms with van der Waals surface area (Å²) in [5.41, 5.74) is 0. The fourth-order valence-electron chi connectivity index (χ4n) is 8.23. The van der Waals surface area contributed by atoms with Crippen molar-refractivity contribution in [2.24, 2.45) is 0 Å². The maximum Gasteiger partial charge on any atom is 0.472 e. The summed E-state index contributed by atoms with van der Waals surface area (Å²) in [6.45, 7) is 2.21. The lowest BCUT2D eigenvalue weighted by Crippen LogP contribution is -2.67. The number of ether oxygens (including phenoxy) is 4. The summed E-state index contributed by atoms with van der Waals surface area (Å²) in [4.78, 5) is 36.5. The van der Waals surface area contributed by atoms with E-state index in [1.165, 1.54) is 96.3 Å². The van der Waals surface area contributed by atoms with Crippen molar-refractivity contribution in [3.05, 3.63) is 12.2 Å². The number of hydrogen-bond donors (Lipinski definition) is 9. The Bertz CT molecular complexity index is 1360. The molecule has 1 heterocycles. The van der Waals surface area contributed by atoms with Crippen LogP contribution in [0.2, 0.25) is 0 Å². The number of aliphatic hydroxyl groups excluding tert-OH is 8. The van der Waals surface area contributed by atoms with Crippen molar-refractivity contribution in [1.29, 1.82) is 0 Å². The maximum atomic E-state index is 13.4. The zero-order chi connectivity index (χ0) is 49.5. The Balaban J connectivity index is 1.95. The molecular formula is C48H89O18P. The summed E-state index contributed by atoms with van der Waals surface area (Å²) >= 11 is 0. The van der Waals surface area contributed by atoms with Crippen molar-refractivity contribution in [3.63, 3.8) is 0 Å². The van der Waals surface area contributed by atoms with Gasteiger partial charge in [0.25, 0.3) is 0 Å². The SMILES string of the molecule is CCCCCCCCCC=CCCCCCC(=O)OCC(COP(=O)(O)OC1C(O)C(O)C(O)C(O)C1OC1OC(CO)C(O)C(O)C1O)OC(=O)CCCCCCCCCCCCCCC. The van der Waals surface area contributed by atoms with Crippen LogP contribution in [0.5, 0.6) is 0 Å². The second-order valence-corrected chi connectivity index (χ2v) is 19.8. The largest absolute Gasteiger partial charge is 0.472 e. The molecular weight excluding hydrogens is 895 g/mol. The van der Waals surface area contributed by atoms with Gasteiger partial charge in [0.1, 0.15) is 67.6 Å². The van der Waals surface area contributed by atoms with Gasteiger partial charge in [-0.2, -0.15) is 0 Å². The van der Waals surface area contributed by atoms with E-state index in [-0.39, 0.29) is 12.8 Å². The number of rotatable bonds is 39. The zero-order valence-electron chi connectivity index (χ0n) is 40.4. The third-order valence-corrected chi connectivity index (χ3v) is 13.5. The van der Waals surface area contributed by atoms with E-state index >= 15 is 0 Å².